The highest BCUT2D eigenvalue weighted by Gasteiger charge is 2.13. The minimum absolute atomic E-state index is 0.233. The first-order valence-corrected chi connectivity index (χ1v) is 13.4. The van der Waals surface area contributed by atoms with E-state index in [-0.39, 0.29) is 5.56 Å². The standard InChI is InChI=1S/C28H18Br3N3O2/c29-21-12-10-18(11-13-21)17-36-26-23(30)14-19(15-24(26)31)16-32-34-27(20-6-2-1-3-7-20)33-25-9-5-4-8-22(25)28(34)35/h1-16H,17H2. The molecule has 0 unspecified atom stereocenters. The smallest absolute Gasteiger partial charge is 0.282 e. The third-order valence-electron chi connectivity index (χ3n) is 5.43. The SMILES string of the molecule is O=c1c2ccccc2nc(-c2ccccc2)n1N=Cc1cc(Br)c(OCc2ccc(Br)cc2)c(Br)c1. The van der Waals surface area contributed by atoms with Crippen LogP contribution in [0.25, 0.3) is 22.3 Å². The maximum atomic E-state index is 13.3. The third kappa shape index (κ3) is 5.36. The predicted molar refractivity (Wildman–Crippen MR) is 155 cm³/mol. The Morgan fingerprint density at radius 1 is 0.861 bits per heavy atom. The molecule has 0 atom stereocenters. The molecule has 5 nitrogen and oxygen atoms in total. The number of fused-ring (bicyclic) bond motifs is 1. The number of rotatable bonds is 6. The van der Waals surface area contributed by atoms with E-state index in [4.69, 9.17) is 9.72 Å². The summed E-state index contributed by atoms with van der Waals surface area (Å²) in [6.45, 7) is 0.427. The summed E-state index contributed by atoms with van der Waals surface area (Å²) < 4.78 is 9.94. The zero-order valence-electron chi connectivity index (χ0n) is 18.7. The van der Waals surface area contributed by atoms with Crippen molar-refractivity contribution in [3.8, 4) is 17.1 Å². The molecule has 0 aliphatic rings. The van der Waals surface area contributed by atoms with Gasteiger partial charge in [0.15, 0.2) is 5.82 Å². The Hall–Kier alpha value is -3.07. The molecule has 0 N–H and O–H groups in total. The van der Waals surface area contributed by atoms with Crippen LogP contribution in [-0.4, -0.2) is 15.9 Å². The number of hydrogen-bond donors (Lipinski definition) is 0. The molecule has 0 aliphatic heterocycles. The van der Waals surface area contributed by atoms with Gasteiger partial charge in [0.1, 0.15) is 12.4 Å². The highest BCUT2D eigenvalue weighted by Crippen LogP contribution is 2.35. The van der Waals surface area contributed by atoms with Gasteiger partial charge in [-0.25, -0.2) is 4.98 Å². The second-order valence-electron chi connectivity index (χ2n) is 7.91. The summed E-state index contributed by atoms with van der Waals surface area (Å²) in [5.41, 5.74) is 3.04. The molecule has 0 saturated carbocycles. The van der Waals surface area contributed by atoms with Crippen molar-refractivity contribution in [2.24, 2.45) is 5.10 Å². The van der Waals surface area contributed by atoms with E-state index in [9.17, 15) is 4.79 Å². The summed E-state index contributed by atoms with van der Waals surface area (Å²) in [6, 6.07) is 28.6. The summed E-state index contributed by atoms with van der Waals surface area (Å²) in [6.07, 6.45) is 1.64. The van der Waals surface area contributed by atoms with Gasteiger partial charge in [0.25, 0.3) is 5.56 Å². The molecule has 0 saturated heterocycles. The Balaban J connectivity index is 1.49. The van der Waals surface area contributed by atoms with Crippen LogP contribution < -0.4 is 10.3 Å². The van der Waals surface area contributed by atoms with E-state index in [0.29, 0.717) is 29.1 Å². The molecule has 1 aromatic heterocycles. The summed E-state index contributed by atoms with van der Waals surface area (Å²) in [4.78, 5) is 18.1. The van der Waals surface area contributed by atoms with Crippen LogP contribution in [0.1, 0.15) is 11.1 Å². The lowest BCUT2D eigenvalue weighted by molar-refractivity contribution is 0.302. The van der Waals surface area contributed by atoms with Gasteiger partial charge >= 0.3 is 0 Å². The zero-order valence-corrected chi connectivity index (χ0v) is 23.5. The fourth-order valence-electron chi connectivity index (χ4n) is 3.66. The van der Waals surface area contributed by atoms with Crippen molar-refractivity contribution in [1.82, 2.24) is 9.66 Å². The first kappa shape index (κ1) is 24.6. The molecule has 5 aromatic rings. The minimum atomic E-state index is -0.233. The van der Waals surface area contributed by atoms with Crippen molar-refractivity contribution < 1.29 is 4.74 Å². The molecule has 0 radical (unpaired) electrons. The van der Waals surface area contributed by atoms with Crippen molar-refractivity contribution in [3.63, 3.8) is 0 Å². The lowest BCUT2D eigenvalue weighted by Crippen LogP contribution is -2.20. The van der Waals surface area contributed by atoms with Crippen LogP contribution in [0.2, 0.25) is 0 Å². The van der Waals surface area contributed by atoms with Gasteiger partial charge < -0.3 is 4.74 Å². The van der Waals surface area contributed by atoms with E-state index in [1.54, 1.807) is 12.3 Å². The van der Waals surface area contributed by atoms with Gasteiger partial charge in [-0.05, 0) is 79.4 Å². The Labute approximate surface area is 232 Å². The largest absolute Gasteiger partial charge is 0.487 e. The average molecular weight is 668 g/mol. The molecule has 36 heavy (non-hydrogen) atoms. The third-order valence-corrected chi connectivity index (χ3v) is 7.13. The fourth-order valence-corrected chi connectivity index (χ4v) is 5.37. The lowest BCUT2D eigenvalue weighted by atomic mass is 10.2. The average Bonchev–Trinajstić information content (AvgIpc) is 2.89. The molecule has 178 valence electrons. The van der Waals surface area contributed by atoms with Crippen molar-refractivity contribution in [2.75, 3.05) is 0 Å². The second-order valence-corrected chi connectivity index (χ2v) is 10.5. The Morgan fingerprint density at radius 3 is 2.25 bits per heavy atom. The summed E-state index contributed by atoms with van der Waals surface area (Å²) >= 11 is 10.6. The normalized spacial score (nSPS) is 11.3. The Kier molecular flexibility index (Phi) is 7.46. The number of ether oxygens (including phenoxy) is 1. The van der Waals surface area contributed by atoms with Gasteiger partial charge in [-0.2, -0.15) is 9.78 Å². The predicted octanol–water partition coefficient (Wildman–Crippen LogP) is 7.81. The van der Waals surface area contributed by atoms with Crippen molar-refractivity contribution >= 4 is 64.9 Å². The lowest BCUT2D eigenvalue weighted by Gasteiger charge is -2.12. The van der Waals surface area contributed by atoms with Crippen molar-refractivity contribution in [3.05, 3.63) is 126 Å². The van der Waals surface area contributed by atoms with E-state index < -0.39 is 0 Å². The summed E-state index contributed by atoms with van der Waals surface area (Å²) in [5, 5.41) is 5.05. The van der Waals surface area contributed by atoms with Crippen LogP contribution in [0.5, 0.6) is 5.75 Å². The topological polar surface area (TPSA) is 56.5 Å². The fraction of sp³-hybridized carbons (Fsp3) is 0.0357. The van der Waals surface area contributed by atoms with Gasteiger partial charge in [-0.3, -0.25) is 4.79 Å². The monoisotopic (exact) mass is 665 g/mol. The van der Waals surface area contributed by atoms with E-state index in [2.05, 4.69) is 52.9 Å². The highest BCUT2D eigenvalue weighted by atomic mass is 79.9. The van der Waals surface area contributed by atoms with E-state index >= 15 is 0 Å². The van der Waals surface area contributed by atoms with Crippen molar-refractivity contribution in [1.29, 1.82) is 0 Å². The number of aromatic nitrogens is 2. The molecule has 0 amide bonds. The first-order valence-electron chi connectivity index (χ1n) is 11.0. The van der Waals surface area contributed by atoms with Crippen LogP contribution in [0.15, 0.2) is 114 Å². The van der Waals surface area contributed by atoms with Crippen LogP contribution in [0.4, 0.5) is 0 Å². The molecule has 8 heteroatoms. The Morgan fingerprint density at radius 2 is 1.53 bits per heavy atom. The van der Waals surface area contributed by atoms with Gasteiger partial charge in [-0.15, -0.1) is 0 Å². The van der Waals surface area contributed by atoms with Crippen LogP contribution in [-0.2, 0) is 6.61 Å². The van der Waals surface area contributed by atoms with Gasteiger partial charge in [-0.1, -0.05) is 70.5 Å². The van der Waals surface area contributed by atoms with Crippen LogP contribution in [0, 0.1) is 0 Å². The van der Waals surface area contributed by atoms with Crippen LogP contribution >= 0.6 is 47.8 Å². The van der Waals surface area contributed by atoms with E-state index in [0.717, 1.165) is 30.1 Å². The summed E-state index contributed by atoms with van der Waals surface area (Å²) in [5.74, 6) is 1.16. The minimum Gasteiger partial charge on any atom is -0.487 e. The summed E-state index contributed by atoms with van der Waals surface area (Å²) in [7, 11) is 0. The van der Waals surface area contributed by atoms with Gasteiger partial charge in [0.05, 0.1) is 26.1 Å². The quantitative estimate of drug-likeness (QED) is 0.174. The molecule has 0 aliphatic carbocycles. The molecular weight excluding hydrogens is 650 g/mol. The van der Waals surface area contributed by atoms with Crippen molar-refractivity contribution in [2.45, 2.75) is 6.61 Å². The number of nitrogens with zero attached hydrogens (tertiary/aromatic N) is 3. The number of benzene rings is 4. The molecule has 5 rings (SSSR count). The first-order chi connectivity index (χ1) is 17.5. The highest BCUT2D eigenvalue weighted by molar-refractivity contribution is 9.11. The second kappa shape index (κ2) is 10.9. The molecule has 0 bridgehead atoms. The number of para-hydroxylation sites is 1. The van der Waals surface area contributed by atoms with Gasteiger partial charge in [0, 0.05) is 10.0 Å². The zero-order chi connectivity index (χ0) is 25.1. The molecule has 0 fully saturated rings. The molecular formula is C28H18Br3N3O2. The number of hydrogen-bond acceptors (Lipinski definition) is 4. The van der Waals surface area contributed by atoms with Gasteiger partial charge in [0.2, 0.25) is 0 Å². The van der Waals surface area contributed by atoms with Crippen LogP contribution in [0.3, 0.4) is 0 Å². The van der Waals surface area contributed by atoms with E-state index in [1.165, 1.54) is 4.68 Å². The molecule has 4 aromatic carbocycles. The molecule has 0 spiro atoms. The maximum absolute atomic E-state index is 13.3. The van der Waals surface area contributed by atoms with E-state index in [1.807, 2.05) is 84.9 Å². The molecule has 1 heterocycles. The Bertz CT molecular complexity index is 1610. The number of halogens is 3. The maximum Gasteiger partial charge on any atom is 0.282 e.